The van der Waals surface area contributed by atoms with E-state index in [1.807, 2.05) is 13.8 Å². The van der Waals surface area contributed by atoms with Crippen molar-refractivity contribution in [3.05, 3.63) is 29.8 Å². The van der Waals surface area contributed by atoms with E-state index < -0.39 is 10.0 Å². The van der Waals surface area contributed by atoms with Crippen LogP contribution in [0.25, 0.3) is 0 Å². The minimum atomic E-state index is -3.35. The Balaban J connectivity index is 1.89. The molecular weight excluding hydrogens is 358 g/mol. The Morgan fingerprint density at radius 3 is 2.12 bits per heavy atom. The third-order valence-corrected chi connectivity index (χ3v) is 4.41. The van der Waals surface area contributed by atoms with Crippen molar-refractivity contribution in [3.8, 4) is 0 Å². The van der Waals surface area contributed by atoms with Crippen LogP contribution in [0.2, 0.25) is 0 Å². The average Bonchev–Trinajstić information content (AvgIpc) is 2.58. The maximum absolute atomic E-state index is 12.5. The third-order valence-electron chi connectivity index (χ3n) is 3.80. The number of ether oxygens (including phenoxy) is 1. The summed E-state index contributed by atoms with van der Waals surface area (Å²) in [4.78, 5) is 27.8. The molecule has 1 aliphatic heterocycles. The summed E-state index contributed by atoms with van der Waals surface area (Å²) < 4.78 is 30.0. The van der Waals surface area contributed by atoms with Gasteiger partial charge < -0.3 is 14.5 Å². The second-order valence-corrected chi connectivity index (χ2v) is 8.45. The normalized spacial score (nSPS) is 15.1. The first kappa shape index (κ1) is 20.0. The maximum atomic E-state index is 12.5. The number of hydrogen-bond donors (Lipinski definition) is 1. The molecule has 1 aromatic carbocycles. The van der Waals surface area contributed by atoms with E-state index in [-0.39, 0.29) is 17.9 Å². The smallest absolute Gasteiger partial charge is 0.409 e. The second-order valence-electron chi connectivity index (χ2n) is 6.70. The molecule has 0 bridgehead atoms. The monoisotopic (exact) mass is 383 g/mol. The Labute approximate surface area is 154 Å². The van der Waals surface area contributed by atoms with Gasteiger partial charge in [0.1, 0.15) is 0 Å². The molecule has 8 nitrogen and oxygen atoms in total. The zero-order valence-electron chi connectivity index (χ0n) is 15.3. The van der Waals surface area contributed by atoms with Crippen molar-refractivity contribution in [2.75, 3.05) is 43.8 Å². The lowest BCUT2D eigenvalue weighted by Crippen LogP contribution is -2.50. The van der Waals surface area contributed by atoms with Crippen LogP contribution in [-0.2, 0) is 14.8 Å². The van der Waals surface area contributed by atoms with Crippen LogP contribution < -0.4 is 4.72 Å². The number of carbonyl (C=O) groups excluding carboxylic acids is 2. The highest BCUT2D eigenvalue weighted by molar-refractivity contribution is 7.92. The predicted molar refractivity (Wildman–Crippen MR) is 98.6 cm³/mol. The molecule has 0 aromatic heterocycles. The summed E-state index contributed by atoms with van der Waals surface area (Å²) in [7, 11) is -3.35. The average molecular weight is 383 g/mol. The number of amides is 2. The molecule has 2 rings (SSSR count). The molecule has 9 heteroatoms. The largest absolute Gasteiger partial charge is 0.449 e. The van der Waals surface area contributed by atoms with Gasteiger partial charge in [-0.2, -0.15) is 0 Å². The van der Waals surface area contributed by atoms with Crippen LogP contribution in [-0.4, -0.2) is 69.3 Å². The summed E-state index contributed by atoms with van der Waals surface area (Å²) in [5.41, 5.74) is 0.877. The first-order valence-corrected chi connectivity index (χ1v) is 10.3. The van der Waals surface area contributed by atoms with Gasteiger partial charge in [0.2, 0.25) is 10.0 Å². The van der Waals surface area contributed by atoms with Gasteiger partial charge >= 0.3 is 6.09 Å². The zero-order chi connectivity index (χ0) is 19.3. The molecule has 0 spiro atoms. The number of piperazine rings is 1. The van der Waals surface area contributed by atoms with Gasteiger partial charge in [-0.25, -0.2) is 13.2 Å². The molecule has 26 heavy (non-hydrogen) atoms. The lowest BCUT2D eigenvalue weighted by Gasteiger charge is -2.34. The summed E-state index contributed by atoms with van der Waals surface area (Å²) in [5, 5.41) is 0. The zero-order valence-corrected chi connectivity index (χ0v) is 16.1. The molecular formula is C17H25N3O5S. The minimum Gasteiger partial charge on any atom is -0.449 e. The fourth-order valence-corrected chi connectivity index (χ4v) is 3.06. The highest BCUT2D eigenvalue weighted by atomic mass is 32.2. The molecule has 1 aromatic rings. The van der Waals surface area contributed by atoms with E-state index in [0.717, 1.165) is 6.26 Å². The molecule has 1 saturated heterocycles. The number of benzene rings is 1. The van der Waals surface area contributed by atoms with E-state index in [1.165, 1.54) is 0 Å². The van der Waals surface area contributed by atoms with E-state index in [4.69, 9.17) is 4.74 Å². The molecule has 144 valence electrons. The van der Waals surface area contributed by atoms with Gasteiger partial charge in [0.25, 0.3) is 5.91 Å². The van der Waals surface area contributed by atoms with E-state index in [2.05, 4.69) is 4.72 Å². The lowest BCUT2D eigenvalue weighted by atomic mass is 10.1. The van der Waals surface area contributed by atoms with Gasteiger partial charge in [-0.15, -0.1) is 0 Å². The quantitative estimate of drug-likeness (QED) is 0.833. The van der Waals surface area contributed by atoms with Crippen LogP contribution in [0.4, 0.5) is 10.5 Å². The van der Waals surface area contributed by atoms with Crippen LogP contribution >= 0.6 is 0 Å². The Hall–Kier alpha value is -2.29. The number of carbonyl (C=O) groups is 2. The highest BCUT2D eigenvalue weighted by Crippen LogP contribution is 2.14. The Morgan fingerprint density at radius 1 is 1.08 bits per heavy atom. The fraction of sp³-hybridized carbons (Fsp3) is 0.529. The van der Waals surface area contributed by atoms with Crippen LogP contribution in [0.3, 0.4) is 0 Å². The van der Waals surface area contributed by atoms with Gasteiger partial charge in [0.15, 0.2) is 0 Å². The third kappa shape index (κ3) is 5.91. The van der Waals surface area contributed by atoms with Crippen LogP contribution in [0.5, 0.6) is 0 Å². The first-order chi connectivity index (χ1) is 12.2. The summed E-state index contributed by atoms with van der Waals surface area (Å²) in [6.07, 6.45) is 0.722. The van der Waals surface area contributed by atoms with Crippen molar-refractivity contribution in [1.82, 2.24) is 9.80 Å². The Kier molecular flexibility index (Phi) is 6.47. The number of sulfonamides is 1. The van der Waals surface area contributed by atoms with Gasteiger partial charge in [-0.1, -0.05) is 13.8 Å². The molecule has 1 aliphatic rings. The maximum Gasteiger partial charge on any atom is 0.409 e. The molecule has 0 atom stereocenters. The molecule has 1 heterocycles. The van der Waals surface area contributed by atoms with Gasteiger partial charge in [-0.3, -0.25) is 9.52 Å². The van der Waals surface area contributed by atoms with E-state index in [0.29, 0.717) is 44.0 Å². The number of hydrogen-bond acceptors (Lipinski definition) is 5. The van der Waals surface area contributed by atoms with E-state index >= 15 is 0 Å². The van der Waals surface area contributed by atoms with Crippen LogP contribution in [0.15, 0.2) is 24.3 Å². The van der Waals surface area contributed by atoms with Crippen molar-refractivity contribution < 1.29 is 22.7 Å². The Morgan fingerprint density at radius 2 is 1.62 bits per heavy atom. The fourth-order valence-electron chi connectivity index (χ4n) is 2.50. The molecule has 0 unspecified atom stereocenters. The van der Waals surface area contributed by atoms with Crippen molar-refractivity contribution >= 4 is 27.7 Å². The Bertz CT molecular complexity index is 738. The number of nitrogens with zero attached hydrogens (tertiary/aromatic N) is 2. The first-order valence-electron chi connectivity index (χ1n) is 8.44. The van der Waals surface area contributed by atoms with Crippen molar-refractivity contribution in [2.45, 2.75) is 13.8 Å². The molecule has 1 fully saturated rings. The number of nitrogens with one attached hydrogen (secondary N) is 1. The standard InChI is InChI=1S/C17H25N3O5S/c1-13(2)12-25-17(22)20-10-8-19(9-11-20)16(21)14-4-6-15(7-5-14)18-26(3,23)24/h4-7,13,18H,8-12H2,1-3H3. The molecule has 0 saturated carbocycles. The second kappa shape index (κ2) is 8.39. The minimum absolute atomic E-state index is 0.147. The number of anilines is 1. The van der Waals surface area contributed by atoms with E-state index in [1.54, 1.807) is 34.1 Å². The summed E-state index contributed by atoms with van der Waals surface area (Å²) in [5.74, 6) is 0.132. The van der Waals surface area contributed by atoms with Crippen molar-refractivity contribution in [2.24, 2.45) is 5.92 Å². The van der Waals surface area contributed by atoms with Gasteiger partial charge in [0, 0.05) is 37.4 Å². The van der Waals surface area contributed by atoms with Crippen LogP contribution in [0.1, 0.15) is 24.2 Å². The summed E-state index contributed by atoms with van der Waals surface area (Å²) >= 11 is 0. The molecule has 1 N–H and O–H groups in total. The van der Waals surface area contributed by atoms with Crippen molar-refractivity contribution in [3.63, 3.8) is 0 Å². The van der Waals surface area contributed by atoms with Crippen molar-refractivity contribution in [1.29, 1.82) is 0 Å². The highest BCUT2D eigenvalue weighted by Gasteiger charge is 2.25. The molecule has 2 amide bonds. The lowest BCUT2D eigenvalue weighted by molar-refractivity contribution is 0.0535. The topological polar surface area (TPSA) is 96.0 Å². The summed E-state index contributed by atoms with van der Waals surface area (Å²) in [6, 6.07) is 6.26. The van der Waals surface area contributed by atoms with E-state index in [9.17, 15) is 18.0 Å². The van der Waals surface area contributed by atoms with Crippen LogP contribution in [0, 0.1) is 5.92 Å². The predicted octanol–water partition coefficient (Wildman–Crippen LogP) is 1.61. The summed E-state index contributed by atoms with van der Waals surface area (Å²) in [6.45, 7) is 6.04. The number of rotatable bonds is 5. The molecule has 0 radical (unpaired) electrons. The van der Waals surface area contributed by atoms with Gasteiger partial charge in [0.05, 0.1) is 12.9 Å². The SMILES string of the molecule is CC(C)COC(=O)N1CCN(C(=O)c2ccc(NS(C)(=O)=O)cc2)CC1. The molecule has 0 aliphatic carbocycles. The van der Waals surface area contributed by atoms with Gasteiger partial charge in [-0.05, 0) is 30.2 Å².